The molecule has 0 spiro atoms. The van der Waals surface area contributed by atoms with Gasteiger partial charge >= 0.3 is 0 Å². The lowest BCUT2D eigenvalue weighted by Gasteiger charge is -2.10. The van der Waals surface area contributed by atoms with Crippen LogP contribution in [0.3, 0.4) is 0 Å². The van der Waals surface area contributed by atoms with E-state index in [9.17, 15) is 5.11 Å². The van der Waals surface area contributed by atoms with Gasteiger partial charge in [0, 0.05) is 6.20 Å². The molecule has 3 nitrogen and oxygen atoms in total. The van der Waals surface area contributed by atoms with Gasteiger partial charge in [0.2, 0.25) is 0 Å². The second-order valence-corrected chi connectivity index (χ2v) is 4.38. The van der Waals surface area contributed by atoms with Crippen molar-refractivity contribution in [3.05, 3.63) is 58.9 Å². The van der Waals surface area contributed by atoms with E-state index in [0.29, 0.717) is 17.4 Å². The topological polar surface area (TPSA) is 42.4 Å². The monoisotopic (exact) mass is 263 g/mol. The number of halogens is 1. The van der Waals surface area contributed by atoms with Crippen LogP contribution in [0.1, 0.15) is 24.3 Å². The first-order chi connectivity index (χ1) is 8.66. The lowest BCUT2D eigenvalue weighted by molar-refractivity contribution is 0.199. The molecule has 2 rings (SSSR count). The number of pyridine rings is 1. The summed E-state index contributed by atoms with van der Waals surface area (Å²) in [6, 6.07) is 10.9. The molecule has 1 aromatic carbocycles. The molecule has 0 aliphatic rings. The molecule has 0 fully saturated rings. The molecule has 1 heterocycles. The maximum absolute atomic E-state index is 9.44. The largest absolute Gasteiger partial charge is 0.486 e. The lowest BCUT2D eigenvalue weighted by Crippen LogP contribution is -1.99. The average molecular weight is 264 g/mol. The predicted molar refractivity (Wildman–Crippen MR) is 70.7 cm³/mol. The van der Waals surface area contributed by atoms with Gasteiger partial charge in [-0.2, -0.15) is 0 Å². The molecule has 0 unspecified atom stereocenters. The van der Waals surface area contributed by atoms with Gasteiger partial charge in [0.05, 0.1) is 16.8 Å². The Morgan fingerprint density at radius 3 is 2.78 bits per heavy atom. The van der Waals surface area contributed by atoms with Gasteiger partial charge in [0.1, 0.15) is 12.4 Å². The van der Waals surface area contributed by atoms with Gasteiger partial charge in [-0.05, 0) is 36.8 Å². The van der Waals surface area contributed by atoms with Gasteiger partial charge in [-0.15, -0.1) is 0 Å². The van der Waals surface area contributed by atoms with Crippen LogP contribution in [0.25, 0.3) is 0 Å². The van der Waals surface area contributed by atoms with E-state index < -0.39 is 6.10 Å². The number of aliphatic hydroxyl groups is 1. The number of aromatic nitrogens is 1. The molecular formula is C14H14ClNO2. The minimum absolute atomic E-state index is 0.370. The zero-order chi connectivity index (χ0) is 13.0. The van der Waals surface area contributed by atoms with E-state index >= 15 is 0 Å². The first-order valence-corrected chi connectivity index (χ1v) is 6.05. The van der Waals surface area contributed by atoms with Crippen molar-refractivity contribution in [2.75, 3.05) is 0 Å². The quantitative estimate of drug-likeness (QED) is 0.920. The van der Waals surface area contributed by atoms with Crippen molar-refractivity contribution in [3.63, 3.8) is 0 Å². The van der Waals surface area contributed by atoms with Crippen molar-refractivity contribution in [2.24, 2.45) is 0 Å². The molecule has 0 aliphatic heterocycles. The third-order valence-corrected chi connectivity index (χ3v) is 2.84. The fourth-order valence-electron chi connectivity index (χ4n) is 1.53. The van der Waals surface area contributed by atoms with Crippen molar-refractivity contribution in [1.82, 2.24) is 4.98 Å². The van der Waals surface area contributed by atoms with Crippen molar-refractivity contribution >= 4 is 11.6 Å². The third kappa shape index (κ3) is 3.22. The van der Waals surface area contributed by atoms with Crippen molar-refractivity contribution in [2.45, 2.75) is 19.6 Å². The van der Waals surface area contributed by atoms with Crippen molar-refractivity contribution in [1.29, 1.82) is 0 Å². The van der Waals surface area contributed by atoms with Gasteiger partial charge in [-0.3, -0.25) is 4.98 Å². The molecule has 0 saturated carbocycles. The molecule has 4 heteroatoms. The maximum Gasteiger partial charge on any atom is 0.138 e. The zero-order valence-corrected chi connectivity index (χ0v) is 10.8. The van der Waals surface area contributed by atoms with Crippen LogP contribution in [0.4, 0.5) is 0 Å². The summed E-state index contributed by atoms with van der Waals surface area (Å²) in [7, 11) is 0. The standard InChI is InChI=1S/C14H14ClNO2/c1-10(17)11-5-6-14(13(15)8-11)18-9-12-4-2-3-7-16-12/h2-8,10,17H,9H2,1H3/t10-/m1/s1. The average Bonchev–Trinajstić information content (AvgIpc) is 2.38. The van der Waals surface area contributed by atoms with Crippen LogP contribution in [0.5, 0.6) is 5.75 Å². The van der Waals surface area contributed by atoms with Crippen LogP contribution < -0.4 is 4.74 Å². The second-order valence-electron chi connectivity index (χ2n) is 3.98. The molecule has 1 aromatic heterocycles. The van der Waals surface area contributed by atoms with Gasteiger partial charge in [0.25, 0.3) is 0 Å². The third-order valence-electron chi connectivity index (χ3n) is 2.54. The lowest BCUT2D eigenvalue weighted by atomic mass is 10.1. The summed E-state index contributed by atoms with van der Waals surface area (Å²) in [4.78, 5) is 4.16. The minimum Gasteiger partial charge on any atom is -0.486 e. The Balaban J connectivity index is 2.06. The Morgan fingerprint density at radius 2 is 2.17 bits per heavy atom. The van der Waals surface area contributed by atoms with Gasteiger partial charge < -0.3 is 9.84 Å². The number of hydrogen-bond donors (Lipinski definition) is 1. The molecule has 0 bridgehead atoms. The molecule has 0 saturated heterocycles. The van der Waals surface area contributed by atoms with E-state index in [4.69, 9.17) is 16.3 Å². The number of aliphatic hydroxyl groups excluding tert-OH is 1. The highest BCUT2D eigenvalue weighted by Gasteiger charge is 2.06. The zero-order valence-electron chi connectivity index (χ0n) is 10.0. The molecule has 2 aromatic rings. The molecule has 0 amide bonds. The number of hydrogen-bond acceptors (Lipinski definition) is 3. The van der Waals surface area contributed by atoms with E-state index in [1.165, 1.54) is 0 Å². The Hall–Kier alpha value is -1.58. The van der Waals surface area contributed by atoms with Crippen LogP contribution in [0.15, 0.2) is 42.6 Å². The molecule has 94 valence electrons. The summed E-state index contributed by atoms with van der Waals surface area (Å²) in [6.07, 6.45) is 1.18. The summed E-state index contributed by atoms with van der Waals surface area (Å²) >= 11 is 6.08. The van der Waals surface area contributed by atoms with E-state index in [1.54, 1.807) is 31.3 Å². The van der Waals surface area contributed by atoms with Crippen LogP contribution in [0, 0.1) is 0 Å². The molecular weight excluding hydrogens is 250 g/mol. The Bertz CT molecular complexity index is 514. The Labute approximate surface area is 111 Å². The van der Waals surface area contributed by atoms with Gasteiger partial charge in [-0.1, -0.05) is 23.7 Å². The minimum atomic E-state index is -0.535. The predicted octanol–water partition coefficient (Wildman–Crippen LogP) is 3.37. The first-order valence-electron chi connectivity index (χ1n) is 5.67. The van der Waals surface area contributed by atoms with Crippen molar-refractivity contribution in [3.8, 4) is 5.75 Å². The Morgan fingerprint density at radius 1 is 1.33 bits per heavy atom. The number of rotatable bonds is 4. The molecule has 0 aliphatic carbocycles. The van der Waals surface area contributed by atoms with E-state index in [0.717, 1.165) is 11.3 Å². The molecule has 18 heavy (non-hydrogen) atoms. The summed E-state index contributed by atoms with van der Waals surface area (Å²) in [6.45, 7) is 2.06. The highest BCUT2D eigenvalue weighted by Crippen LogP contribution is 2.28. The van der Waals surface area contributed by atoms with Crippen LogP contribution in [-0.2, 0) is 6.61 Å². The van der Waals surface area contributed by atoms with Crippen LogP contribution in [0.2, 0.25) is 5.02 Å². The van der Waals surface area contributed by atoms with E-state index in [2.05, 4.69) is 4.98 Å². The molecule has 1 atom stereocenters. The fraction of sp³-hybridized carbons (Fsp3) is 0.214. The Kier molecular flexibility index (Phi) is 4.18. The molecule has 1 N–H and O–H groups in total. The number of benzene rings is 1. The van der Waals surface area contributed by atoms with Crippen LogP contribution in [-0.4, -0.2) is 10.1 Å². The smallest absolute Gasteiger partial charge is 0.138 e. The SMILES string of the molecule is C[C@@H](O)c1ccc(OCc2ccccn2)c(Cl)c1. The summed E-state index contributed by atoms with van der Waals surface area (Å²) in [5.74, 6) is 0.590. The van der Waals surface area contributed by atoms with Gasteiger partial charge in [-0.25, -0.2) is 0 Å². The van der Waals surface area contributed by atoms with Crippen molar-refractivity contribution < 1.29 is 9.84 Å². The number of nitrogens with zero attached hydrogens (tertiary/aromatic N) is 1. The second kappa shape index (κ2) is 5.85. The highest BCUT2D eigenvalue weighted by molar-refractivity contribution is 6.32. The maximum atomic E-state index is 9.44. The summed E-state index contributed by atoms with van der Waals surface area (Å²) in [5, 5.41) is 9.93. The summed E-state index contributed by atoms with van der Waals surface area (Å²) in [5.41, 5.74) is 1.61. The summed E-state index contributed by atoms with van der Waals surface area (Å²) < 4.78 is 5.58. The molecule has 0 radical (unpaired) electrons. The highest BCUT2D eigenvalue weighted by atomic mass is 35.5. The van der Waals surface area contributed by atoms with E-state index in [1.807, 2.05) is 18.2 Å². The fourth-order valence-corrected chi connectivity index (χ4v) is 1.77. The van der Waals surface area contributed by atoms with Crippen LogP contribution >= 0.6 is 11.6 Å². The van der Waals surface area contributed by atoms with Gasteiger partial charge in [0.15, 0.2) is 0 Å². The normalized spacial score (nSPS) is 12.2. The number of ether oxygens (including phenoxy) is 1. The van der Waals surface area contributed by atoms with E-state index in [-0.39, 0.29) is 0 Å². The first kappa shape index (κ1) is 12.9.